The van der Waals surface area contributed by atoms with Gasteiger partial charge in [-0.25, -0.2) is 4.79 Å². The summed E-state index contributed by atoms with van der Waals surface area (Å²) in [6, 6.07) is 14.8. The van der Waals surface area contributed by atoms with Gasteiger partial charge in [-0.3, -0.25) is 10.1 Å². The lowest BCUT2D eigenvalue weighted by molar-refractivity contribution is 0.0989. The number of carbonyl (C=O) groups excluding carboxylic acids is 2. The van der Waals surface area contributed by atoms with Crippen LogP contribution in [0.4, 0.5) is 16.2 Å². The zero-order chi connectivity index (χ0) is 16.2. The minimum Gasteiger partial charge on any atom is -0.450 e. The van der Waals surface area contributed by atoms with Crippen LogP contribution >= 0.6 is 0 Å². The van der Waals surface area contributed by atoms with Crippen molar-refractivity contribution in [3.63, 3.8) is 0 Å². The Hall–Kier alpha value is -2.82. The summed E-state index contributed by atoms with van der Waals surface area (Å²) in [6.07, 6.45) is 0.379. The highest BCUT2D eigenvalue weighted by Crippen LogP contribution is 2.29. The van der Waals surface area contributed by atoms with Gasteiger partial charge >= 0.3 is 6.09 Å². The number of anilines is 2. The number of nitrogens with zero attached hydrogens (tertiary/aromatic N) is 1. The summed E-state index contributed by atoms with van der Waals surface area (Å²) in [6.45, 7) is 2.76. The van der Waals surface area contributed by atoms with Crippen molar-refractivity contribution in [2.45, 2.75) is 13.3 Å². The van der Waals surface area contributed by atoms with Crippen molar-refractivity contribution in [1.82, 2.24) is 0 Å². The molecule has 5 heteroatoms. The van der Waals surface area contributed by atoms with Crippen molar-refractivity contribution in [3.8, 4) is 0 Å². The summed E-state index contributed by atoms with van der Waals surface area (Å²) in [4.78, 5) is 25.8. The molecule has 1 heterocycles. The predicted molar refractivity (Wildman–Crippen MR) is 88.9 cm³/mol. The molecule has 118 valence electrons. The second-order valence-corrected chi connectivity index (χ2v) is 5.26. The Morgan fingerprint density at radius 2 is 1.87 bits per heavy atom. The van der Waals surface area contributed by atoms with Crippen LogP contribution in [0.3, 0.4) is 0 Å². The van der Waals surface area contributed by atoms with Crippen LogP contribution in [0.5, 0.6) is 0 Å². The van der Waals surface area contributed by atoms with Gasteiger partial charge in [0.05, 0.1) is 6.61 Å². The second kappa shape index (κ2) is 6.52. The Bertz CT molecular complexity index is 725. The summed E-state index contributed by atoms with van der Waals surface area (Å²) in [5.41, 5.74) is 3.37. The van der Waals surface area contributed by atoms with Crippen LogP contribution in [-0.4, -0.2) is 25.2 Å². The number of benzene rings is 2. The fourth-order valence-corrected chi connectivity index (χ4v) is 2.69. The lowest BCUT2D eigenvalue weighted by Crippen LogP contribution is -2.28. The van der Waals surface area contributed by atoms with E-state index in [2.05, 4.69) is 11.4 Å². The van der Waals surface area contributed by atoms with Crippen molar-refractivity contribution < 1.29 is 14.3 Å². The van der Waals surface area contributed by atoms with Gasteiger partial charge in [0.25, 0.3) is 5.91 Å². The highest BCUT2D eigenvalue weighted by Gasteiger charge is 2.24. The number of carbonyl (C=O) groups is 2. The molecular formula is C18H18N2O3. The molecule has 0 unspecified atom stereocenters. The molecule has 0 aliphatic carbocycles. The molecule has 2 amide bonds. The van der Waals surface area contributed by atoms with Crippen molar-refractivity contribution in [2.75, 3.05) is 23.4 Å². The van der Waals surface area contributed by atoms with Gasteiger partial charge in [-0.15, -0.1) is 0 Å². The van der Waals surface area contributed by atoms with E-state index in [1.54, 1.807) is 36.1 Å². The number of hydrogen-bond acceptors (Lipinski definition) is 3. The first-order chi connectivity index (χ1) is 11.2. The smallest absolute Gasteiger partial charge is 0.411 e. The van der Waals surface area contributed by atoms with Crippen LogP contribution in [-0.2, 0) is 11.2 Å². The molecule has 23 heavy (non-hydrogen) atoms. The van der Waals surface area contributed by atoms with Crippen LogP contribution in [0.25, 0.3) is 0 Å². The molecule has 5 nitrogen and oxygen atoms in total. The molecule has 1 aliphatic heterocycles. The number of ether oxygens (including phenoxy) is 1. The van der Waals surface area contributed by atoms with E-state index in [4.69, 9.17) is 4.74 Å². The second-order valence-electron chi connectivity index (χ2n) is 5.26. The van der Waals surface area contributed by atoms with E-state index in [1.807, 2.05) is 18.2 Å². The predicted octanol–water partition coefficient (Wildman–Crippen LogP) is 3.46. The Morgan fingerprint density at radius 1 is 1.13 bits per heavy atom. The lowest BCUT2D eigenvalue weighted by Gasteiger charge is -2.17. The van der Waals surface area contributed by atoms with Gasteiger partial charge in [-0.05, 0) is 49.2 Å². The molecule has 2 aromatic rings. The molecule has 3 rings (SSSR count). The van der Waals surface area contributed by atoms with Crippen LogP contribution in [0.15, 0.2) is 48.5 Å². The largest absolute Gasteiger partial charge is 0.450 e. The topological polar surface area (TPSA) is 58.6 Å². The van der Waals surface area contributed by atoms with E-state index in [0.29, 0.717) is 24.4 Å². The van der Waals surface area contributed by atoms with Crippen molar-refractivity contribution in [1.29, 1.82) is 0 Å². The average molecular weight is 310 g/mol. The van der Waals surface area contributed by atoms with Crippen LogP contribution in [0.2, 0.25) is 0 Å². The minimum atomic E-state index is -0.500. The van der Waals surface area contributed by atoms with Gasteiger partial charge < -0.3 is 9.64 Å². The molecule has 0 saturated heterocycles. The van der Waals surface area contributed by atoms with E-state index >= 15 is 0 Å². The lowest BCUT2D eigenvalue weighted by atomic mass is 10.1. The van der Waals surface area contributed by atoms with Crippen LogP contribution in [0.1, 0.15) is 22.8 Å². The quantitative estimate of drug-likeness (QED) is 0.944. The van der Waals surface area contributed by atoms with Gasteiger partial charge in [-0.2, -0.15) is 0 Å². The Labute approximate surface area is 134 Å². The summed E-state index contributed by atoms with van der Waals surface area (Å²) >= 11 is 0. The standard InChI is InChI=1S/C18H18N2O3/c1-2-23-18(22)19-15-9-7-14(8-10-15)17(21)20-12-11-13-5-3-4-6-16(13)20/h3-10H,2,11-12H2,1H3,(H,19,22). The maximum atomic E-state index is 12.7. The molecule has 0 bridgehead atoms. The maximum absolute atomic E-state index is 12.7. The molecule has 0 spiro atoms. The number of nitrogens with one attached hydrogen (secondary N) is 1. The highest BCUT2D eigenvalue weighted by atomic mass is 16.5. The Morgan fingerprint density at radius 3 is 2.61 bits per heavy atom. The fraction of sp³-hybridized carbons (Fsp3) is 0.222. The SMILES string of the molecule is CCOC(=O)Nc1ccc(C(=O)N2CCc3ccccc32)cc1. The minimum absolute atomic E-state index is 0.0300. The molecule has 0 radical (unpaired) electrons. The highest BCUT2D eigenvalue weighted by molar-refractivity contribution is 6.07. The van der Waals surface area contributed by atoms with E-state index in [1.165, 1.54) is 5.56 Å². The Kier molecular flexibility index (Phi) is 4.28. The van der Waals surface area contributed by atoms with E-state index in [0.717, 1.165) is 12.1 Å². The molecule has 0 aromatic heterocycles. The van der Waals surface area contributed by atoms with Crippen LogP contribution < -0.4 is 10.2 Å². The first-order valence-electron chi connectivity index (χ1n) is 7.62. The first kappa shape index (κ1) is 15.1. The third-order valence-electron chi connectivity index (χ3n) is 3.79. The maximum Gasteiger partial charge on any atom is 0.411 e. The average Bonchev–Trinajstić information content (AvgIpc) is 2.99. The van der Waals surface area contributed by atoms with Gasteiger partial charge in [0.2, 0.25) is 0 Å². The van der Waals surface area contributed by atoms with Gasteiger partial charge in [-0.1, -0.05) is 18.2 Å². The van der Waals surface area contributed by atoms with E-state index < -0.39 is 6.09 Å². The van der Waals surface area contributed by atoms with E-state index in [-0.39, 0.29) is 5.91 Å². The molecule has 0 atom stereocenters. The first-order valence-corrected chi connectivity index (χ1v) is 7.62. The fourth-order valence-electron chi connectivity index (χ4n) is 2.69. The van der Waals surface area contributed by atoms with Crippen molar-refractivity contribution >= 4 is 23.4 Å². The summed E-state index contributed by atoms with van der Waals surface area (Å²) < 4.78 is 4.82. The van der Waals surface area contributed by atoms with Gasteiger partial charge in [0, 0.05) is 23.5 Å². The number of hydrogen-bond donors (Lipinski definition) is 1. The molecule has 0 fully saturated rings. The summed E-state index contributed by atoms with van der Waals surface area (Å²) in [5.74, 6) is -0.0300. The zero-order valence-electron chi connectivity index (χ0n) is 12.9. The third kappa shape index (κ3) is 3.18. The number of fused-ring (bicyclic) bond motifs is 1. The molecule has 1 N–H and O–H groups in total. The van der Waals surface area contributed by atoms with Gasteiger partial charge in [0.15, 0.2) is 0 Å². The van der Waals surface area contributed by atoms with Gasteiger partial charge in [0.1, 0.15) is 0 Å². The molecule has 1 aliphatic rings. The summed E-state index contributed by atoms with van der Waals surface area (Å²) in [5, 5.41) is 2.61. The number of amides is 2. The van der Waals surface area contributed by atoms with E-state index in [9.17, 15) is 9.59 Å². The normalized spacial score (nSPS) is 12.7. The monoisotopic (exact) mass is 310 g/mol. The van der Waals surface area contributed by atoms with Crippen molar-refractivity contribution in [2.24, 2.45) is 0 Å². The number of para-hydroxylation sites is 1. The zero-order valence-corrected chi connectivity index (χ0v) is 12.9. The van der Waals surface area contributed by atoms with Crippen LogP contribution in [0, 0.1) is 0 Å². The molecule has 0 saturated carbocycles. The summed E-state index contributed by atoms with van der Waals surface area (Å²) in [7, 11) is 0. The Balaban J connectivity index is 1.73. The van der Waals surface area contributed by atoms with Crippen molar-refractivity contribution in [3.05, 3.63) is 59.7 Å². The number of rotatable bonds is 3. The molecule has 2 aromatic carbocycles. The third-order valence-corrected chi connectivity index (χ3v) is 3.79. The molecular weight excluding hydrogens is 292 g/mol.